The van der Waals surface area contributed by atoms with Crippen LogP contribution < -0.4 is 14.8 Å². The summed E-state index contributed by atoms with van der Waals surface area (Å²) in [6, 6.07) is 21.4. The normalized spacial score (nSPS) is 12.8. The molecule has 0 radical (unpaired) electrons. The maximum absolute atomic E-state index is 15.0. The van der Waals surface area contributed by atoms with Crippen molar-refractivity contribution in [1.82, 2.24) is 0 Å². The fourth-order valence-corrected chi connectivity index (χ4v) is 8.45. The Bertz CT molecular complexity index is 1040. The van der Waals surface area contributed by atoms with Gasteiger partial charge < -0.3 is 14.3 Å². The predicted molar refractivity (Wildman–Crippen MR) is 126 cm³/mol. The highest BCUT2D eigenvalue weighted by molar-refractivity contribution is 7.00. The van der Waals surface area contributed by atoms with Crippen LogP contribution in [-0.2, 0) is 9.53 Å². The van der Waals surface area contributed by atoms with Gasteiger partial charge in [-0.05, 0) is 22.3 Å². The first-order chi connectivity index (χ1) is 15.6. The number of carbonyl (C=O) groups excluding carboxylic acids is 1. The molecule has 1 atom stereocenters. The Kier molecular flexibility index (Phi) is 7.34. The Hall–Kier alpha value is -3.03. The first-order valence-corrected chi connectivity index (χ1v) is 12.7. The van der Waals surface area contributed by atoms with Crippen LogP contribution in [0, 0.1) is 11.6 Å². The first kappa shape index (κ1) is 24.6. The van der Waals surface area contributed by atoms with Crippen molar-refractivity contribution in [1.29, 1.82) is 0 Å². The molecule has 33 heavy (non-hydrogen) atoms. The average Bonchev–Trinajstić information content (AvgIpc) is 2.77. The van der Waals surface area contributed by atoms with Crippen molar-refractivity contribution in [3.8, 4) is 5.75 Å². The Labute approximate surface area is 193 Å². The van der Waals surface area contributed by atoms with Crippen molar-refractivity contribution in [2.45, 2.75) is 38.8 Å². The van der Waals surface area contributed by atoms with Crippen LogP contribution in [0.2, 0.25) is 5.04 Å². The van der Waals surface area contributed by atoms with Crippen LogP contribution in [0.1, 0.15) is 39.4 Å². The van der Waals surface area contributed by atoms with Crippen molar-refractivity contribution in [2.75, 3.05) is 6.61 Å². The summed E-state index contributed by atoms with van der Waals surface area (Å²) in [6.45, 7) is 7.66. The topological polar surface area (TPSA) is 55.8 Å². The molecule has 0 fully saturated rings. The number of esters is 1. The minimum Gasteiger partial charge on any atom is -0.534 e. The highest BCUT2D eigenvalue weighted by Crippen LogP contribution is 2.38. The maximum atomic E-state index is 15.0. The second-order valence-electron chi connectivity index (χ2n) is 8.72. The zero-order chi connectivity index (χ0) is 24.2. The third kappa shape index (κ3) is 4.84. The summed E-state index contributed by atoms with van der Waals surface area (Å²) < 4.78 is 41.2. The summed E-state index contributed by atoms with van der Waals surface area (Å²) in [5.41, 5.74) is -0.761. The van der Waals surface area contributed by atoms with E-state index in [4.69, 9.17) is 9.16 Å². The Balaban J connectivity index is 2.16. The largest absolute Gasteiger partial charge is 0.534 e. The van der Waals surface area contributed by atoms with E-state index in [1.807, 2.05) is 81.4 Å². The zero-order valence-electron chi connectivity index (χ0n) is 19.1. The summed E-state index contributed by atoms with van der Waals surface area (Å²) in [7, 11) is -3.10. The summed E-state index contributed by atoms with van der Waals surface area (Å²) in [5.74, 6) is -3.29. The molecule has 0 saturated heterocycles. The van der Waals surface area contributed by atoms with Gasteiger partial charge in [-0.2, -0.15) is 0 Å². The van der Waals surface area contributed by atoms with Gasteiger partial charge in [0, 0.05) is 12.1 Å². The lowest BCUT2D eigenvalue weighted by Crippen LogP contribution is -2.68. The molecule has 1 unspecified atom stereocenters. The summed E-state index contributed by atoms with van der Waals surface area (Å²) >= 11 is 0. The van der Waals surface area contributed by atoms with Crippen molar-refractivity contribution in [3.63, 3.8) is 0 Å². The second kappa shape index (κ2) is 9.85. The lowest BCUT2D eigenvalue weighted by atomic mass is 10.1. The van der Waals surface area contributed by atoms with Gasteiger partial charge in [0.15, 0.2) is 6.10 Å². The number of benzene rings is 3. The monoisotopic (exact) mass is 470 g/mol. The fraction of sp³-hybridized carbons (Fsp3) is 0.269. The molecule has 0 heterocycles. The summed E-state index contributed by atoms with van der Waals surface area (Å²) in [5, 5.41) is 11.6. The van der Waals surface area contributed by atoms with Gasteiger partial charge in [-0.15, -0.1) is 0 Å². The van der Waals surface area contributed by atoms with Crippen molar-refractivity contribution in [3.05, 3.63) is 90.0 Å². The molecule has 0 aliphatic rings. The van der Waals surface area contributed by atoms with Gasteiger partial charge >= 0.3 is 14.3 Å². The fourth-order valence-electron chi connectivity index (χ4n) is 4.05. The van der Waals surface area contributed by atoms with Crippen molar-refractivity contribution >= 4 is 24.7 Å². The van der Waals surface area contributed by atoms with Gasteiger partial charge in [-0.3, -0.25) is 0 Å². The van der Waals surface area contributed by atoms with Gasteiger partial charge in [0.25, 0.3) is 0 Å². The van der Waals surface area contributed by atoms with E-state index in [1.54, 1.807) is 0 Å². The van der Waals surface area contributed by atoms with E-state index in [9.17, 15) is 18.7 Å². The number of ether oxygens (including phenoxy) is 1. The molecule has 174 valence electrons. The van der Waals surface area contributed by atoms with E-state index in [0.29, 0.717) is 0 Å². The molecule has 3 rings (SSSR count). The number of hydrogen-bond donors (Lipinski definition) is 1. The van der Waals surface area contributed by atoms with Crippen LogP contribution in [0.25, 0.3) is 0 Å². The van der Waals surface area contributed by atoms with Crippen LogP contribution >= 0.6 is 0 Å². The molecular formula is C26H28F2O4Si. The van der Waals surface area contributed by atoms with E-state index in [-0.39, 0.29) is 12.4 Å². The van der Waals surface area contributed by atoms with E-state index < -0.39 is 42.6 Å². The number of carbonyl (C=O) groups is 1. The quantitative estimate of drug-likeness (QED) is 0.408. The van der Waals surface area contributed by atoms with Crippen LogP contribution in [-0.4, -0.2) is 26.0 Å². The molecule has 3 aromatic carbocycles. The molecule has 0 spiro atoms. The van der Waals surface area contributed by atoms with Gasteiger partial charge in [0.1, 0.15) is 17.4 Å². The van der Waals surface area contributed by atoms with Gasteiger partial charge in [-0.25, -0.2) is 13.6 Å². The molecule has 3 aromatic rings. The minimum absolute atomic E-state index is 0.0147. The van der Waals surface area contributed by atoms with E-state index in [0.717, 1.165) is 22.5 Å². The van der Waals surface area contributed by atoms with Crippen LogP contribution in [0.5, 0.6) is 5.75 Å². The predicted octanol–water partition coefficient (Wildman–Crippen LogP) is 4.50. The Morgan fingerprint density at radius 3 is 1.79 bits per heavy atom. The number of halogens is 2. The molecule has 0 saturated carbocycles. The number of hydrogen-bond acceptors (Lipinski definition) is 4. The molecule has 0 amide bonds. The maximum Gasteiger partial charge on any atom is 0.339 e. The molecule has 4 nitrogen and oxygen atoms in total. The Morgan fingerprint density at radius 2 is 1.39 bits per heavy atom. The number of aliphatic hydroxyl groups excluding tert-OH is 1. The minimum atomic E-state index is -3.10. The SMILES string of the molecule is CCOC(=O)C(O)c1c(F)cc(O[Si](c2ccccc2)(c2ccccc2)C(C)(C)C)cc1F. The average molecular weight is 471 g/mol. The third-order valence-corrected chi connectivity index (χ3v) is 10.5. The molecule has 0 aliphatic carbocycles. The van der Waals surface area contributed by atoms with Crippen LogP contribution in [0.4, 0.5) is 8.78 Å². The summed E-state index contributed by atoms with van der Waals surface area (Å²) in [6.07, 6.45) is -2.06. The number of rotatable bonds is 7. The summed E-state index contributed by atoms with van der Waals surface area (Å²) in [4.78, 5) is 11.8. The first-order valence-electron chi connectivity index (χ1n) is 10.8. The molecule has 0 bridgehead atoms. The van der Waals surface area contributed by atoms with E-state index in [2.05, 4.69) is 0 Å². The highest BCUT2D eigenvalue weighted by Gasteiger charge is 2.52. The standard InChI is InChI=1S/C26H28F2O4Si/c1-5-31-25(30)24(29)23-21(27)16-18(17-22(23)28)32-33(26(2,3)4,19-12-8-6-9-13-19)20-14-10-7-11-15-20/h6-17,24,29H,5H2,1-4H3. The van der Waals surface area contributed by atoms with Crippen LogP contribution in [0.15, 0.2) is 72.8 Å². The molecule has 1 N–H and O–H groups in total. The van der Waals surface area contributed by atoms with Crippen molar-refractivity contribution in [2.24, 2.45) is 0 Å². The van der Waals surface area contributed by atoms with Gasteiger partial charge in [-0.1, -0.05) is 81.4 Å². The van der Waals surface area contributed by atoms with Crippen molar-refractivity contribution < 1.29 is 27.8 Å². The molecule has 0 aliphatic heterocycles. The van der Waals surface area contributed by atoms with E-state index >= 15 is 0 Å². The highest BCUT2D eigenvalue weighted by atomic mass is 28.4. The Morgan fingerprint density at radius 1 is 0.939 bits per heavy atom. The zero-order valence-corrected chi connectivity index (χ0v) is 20.1. The molecule has 0 aromatic heterocycles. The van der Waals surface area contributed by atoms with E-state index in [1.165, 1.54) is 6.92 Å². The molecular weight excluding hydrogens is 442 g/mol. The van der Waals surface area contributed by atoms with Crippen LogP contribution in [0.3, 0.4) is 0 Å². The number of aliphatic hydroxyl groups is 1. The second-order valence-corrected chi connectivity index (χ2v) is 12.9. The molecule has 7 heteroatoms. The lowest BCUT2D eigenvalue weighted by Gasteiger charge is -2.43. The third-order valence-electron chi connectivity index (χ3n) is 5.52. The smallest absolute Gasteiger partial charge is 0.339 e. The lowest BCUT2D eigenvalue weighted by molar-refractivity contribution is -0.153. The van der Waals surface area contributed by atoms with Gasteiger partial charge in [0.2, 0.25) is 0 Å². The van der Waals surface area contributed by atoms with Gasteiger partial charge in [0.05, 0.1) is 12.2 Å².